The Morgan fingerprint density at radius 1 is 1.14 bits per heavy atom. The van der Waals surface area contributed by atoms with Crippen LogP contribution in [0, 0.1) is 11.8 Å². The Kier molecular flexibility index (Phi) is 6.31. The van der Waals surface area contributed by atoms with Gasteiger partial charge in [0.2, 0.25) is 0 Å². The topological polar surface area (TPSA) is 139 Å². The molecule has 0 radical (unpaired) electrons. The molecule has 0 bridgehead atoms. The number of pyridine rings is 1. The number of aromatic nitrogens is 3. The molecule has 2 aliphatic heterocycles. The minimum absolute atomic E-state index is 0.214. The smallest absolute Gasteiger partial charge is 0.354 e. The lowest BCUT2D eigenvalue weighted by atomic mass is 10.0. The molecule has 0 spiro atoms. The predicted molar refractivity (Wildman–Crippen MR) is 137 cm³/mol. The molecule has 5 rings (SSSR count). The van der Waals surface area contributed by atoms with Crippen molar-refractivity contribution in [2.75, 3.05) is 44.6 Å². The molecule has 2 amide bonds. The lowest BCUT2D eigenvalue weighted by Crippen LogP contribution is -2.53. The minimum atomic E-state index is -0.503. The lowest BCUT2D eigenvalue weighted by molar-refractivity contribution is 0.159. The van der Waals surface area contributed by atoms with Crippen molar-refractivity contribution >= 4 is 11.8 Å². The molecule has 2 atom stereocenters. The molecule has 192 valence electrons. The van der Waals surface area contributed by atoms with E-state index in [9.17, 15) is 9.59 Å². The van der Waals surface area contributed by atoms with Crippen LogP contribution in [-0.2, 0) is 6.54 Å². The number of nitrogens with zero attached hydrogens (tertiary/aromatic N) is 6. The van der Waals surface area contributed by atoms with Gasteiger partial charge in [0.1, 0.15) is 5.82 Å². The van der Waals surface area contributed by atoms with Gasteiger partial charge in [0.05, 0.1) is 17.6 Å². The molecule has 3 aliphatic rings. The molecule has 2 unspecified atom stereocenters. The van der Waals surface area contributed by atoms with Crippen LogP contribution in [-0.4, -0.2) is 86.1 Å². The molecule has 2 saturated heterocycles. The van der Waals surface area contributed by atoms with Gasteiger partial charge >= 0.3 is 11.7 Å². The highest BCUT2D eigenvalue weighted by atomic mass is 16.2. The average Bonchev–Trinajstić information content (AvgIpc) is 3.23. The summed E-state index contributed by atoms with van der Waals surface area (Å²) in [5.41, 5.74) is 13.6. The molecule has 3 fully saturated rings. The number of urea groups is 1. The minimum Gasteiger partial charge on any atom is -0.370 e. The van der Waals surface area contributed by atoms with Gasteiger partial charge in [0.15, 0.2) is 0 Å². The first-order valence-corrected chi connectivity index (χ1v) is 12.4. The summed E-state index contributed by atoms with van der Waals surface area (Å²) in [5.74, 6) is 1.49. The summed E-state index contributed by atoms with van der Waals surface area (Å²) < 4.78 is 1.41. The van der Waals surface area contributed by atoms with Crippen LogP contribution in [0.5, 0.6) is 0 Å². The lowest BCUT2D eigenvalue weighted by Gasteiger charge is -2.40. The fraction of sp³-hybridized carbons (Fsp3) is 0.520. The molecule has 0 aromatic carbocycles. The van der Waals surface area contributed by atoms with E-state index in [2.05, 4.69) is 31.7 Å². The summed E-state index contributed by atoms with van der Waals surface area (Å²) in [4.78, 5) is 40.1. The number of piperazine rings is 1. The van der Waals surface area contributed by atoms with Crippen molar-refractivity contribution in [3.63, 3.8) is 0 Å². The number of anilines is 1. The van der Waals surface area contributed by atoms with Crippen LogP contribution in [0.4, 0.5) is 10.6 Å². The van der Waals surface area contributed by atoms with Gasteiger partial charge in [-0.3, -0.25) is 19.8 Å². The fourth-order valence-corrected chi connectivity index (χ4v) is 5.12. The second-order valence-corrected chi connectivity index (χ2v) is 10.6. The van der Waals surface area contributed by atoms with Crippen molar-refractivity contribution in [1.82, 2.24) is 29.2 Å². The summed E-state index contributed by atoms with van der Waals surface area (Å²) in [5, 5.41) is 2.73. The van der Waals surface area contributed by atoms with Gasteiger partial charge in [-0.1, -0.05) is 6.58 Å². The largest absolute Gasteiger partial charge is 0.370 e. The Morgan fingerprint density at radius 3 is 2.39 bits per heavy atom. The Balaban J connectivity index is 1.15. The Morgan fingerprint density at radius 2 is 1.81 bits per heavy atom. The molecule has 1 saturated carbocycles. The maximum Gasteiger partial charge on any atom is 0.354 e. The summed E-state index contributed by atoms with van der Waals surface area (Å²) in [6.45, 7) is 13.1. The number of fused-ring (bicyclic) bond motifs is 1. The third-order valence-electron chi connectivity index (χ3n) is 7.54. The van der Waals surface area contributed by atoms with E-state index in [1.165, 1.54) is 4.57 Å². The van der Waals surface area contributed by atoms with E-state index in [0.29, 0.717) is 49.7 Å². The summed E-state index contributed by atoms with van der Waals surface area (Å²) in [7, 11) is 0. The third kappa shape index (κ3) is 4.99. The number of nitrogens with two attached hydrogens (primary N) is 2. The van der Waals surface area contributed by atoms with Crippen LogP contribution in [0.25, 0.3) is 5.69 Å². The molecule has 11 nitrogen and oxygen atoms in total. The SMILES string of the molecule is C=C(N1CCN(C(=O)Nc2ccn(-c3ccc(CN4CC5C(N)C5C4)nc3)c(=O)n2)CC1)C(C)(C)N. The zero-order valence-corrected chi connectivity index (χ0v) is 20.9. The van der Waals surface area contributed by atoms with Gasteiger partial charge in [0.25, 0.3) is 0 Å². The number of nitrogens with one attached hydrogen (secondary N) is 1. The second kappa shape index (κ2) is 9.30. The van der Waals surface area contributed by atoms with E-state index in [1.54, 1.807) is 23.4 Å². The van der Waals surface area contributed by atoms with Gasteiger partial charge in [-0.2, -0.15) is 4.98 Å². The number of carbonyl (C=O) groups is 1. The highest BCUT2D eigenvalue weighted by molar-refractivity contribution is 5.88. The molecular weight excluding hydrogens is 458 g/mol. The van der Waals surface area contributed by atoms with Crippen LogP contribution in [0.1, 0.15) is 19.5 Å². The number of hydrogen-bond acceptors (Lipinski definition) is 8. The zero-order chi connectivity index (χ0) is 25.6. The van der Waals surface area contributed by atoms with E-state index in [4.69, 9.17) is 11.5 Å². The standard InChI is InChI=1S/C25H35N9O2/c1-16(25(2,3)27)32-8-10-33(11-9-32)23(35)29-21-6-7-34(24(36)30-21)18-5-4-17(28-12-18)13-31-14-19-20(15-31)22(19)26/h4-7,12,19-20,22H,1,8-11,13-15,26-27H2,2-3H3,(H,29,30,35,36). The van der Waals surface area contributed by atoms with Gasteiger partial charge in [0, 0.05) is 69.3 Å². The summed E-state index contributed by atoms with van der Waals surface area (Å²) >= 11 is 0. The van der Waals surface area contributed by atoms with Crippen molar-refractivity contribution in [2.45, 2.75) is 32.0 Å². The van der Waals surface area contributed by atoms with E-state index >= 15 is 0 Å². The van der Waals surface area contributed by atoms with Crippen molar-refractivity contribution in [1.29, 1.82) is 0 Å². The van der Waals surface area contributed by atoms with E-state index < -0.39 is 11.2 Å². The number of hydrogen-bond donors (Lipinski definition) is 3. The molecule has 2 aromatic heterocycles. The van der Waals surface area contributed by atoms with Crippen molar-refractivity contribution in [3.8, 4) is 5.69 Å². The van der Waals surface area contributed by atoms with Crippen molar-refractivity contribution in [2.24, 2.45) is 23.3 Å². The third-order valence-corrected chi connectivity index (χ3v) is 7.54. The van der Waals surface area contributed by atoms with Crippen LogP contribution in [0.2, 0.25) is 0 Å². The van der Waals surface area contributed by atoms with Gasteiger partial charge in [-0.05, 0) is 43.9 Å². The van der Waals surface area contributed by atoms with Gasteiger partial charge in [-0.15, -0.1) is 0 Å². The first-order chi connectivity index (χ1) is 17.1. The van der Waals surface area contributed by atoms with E-state index in [1.807, 2.05) is 26.0 Å². The Bertz CT molecular complexity index is 1180. The maximum absolute atomic E-state index is 12.7. The molecule has 11 heteroatoms. The molecule has 2 aromatic rings. The number of likely N-dealkylation sites (tertiary alicyclic amines) is 1. The van der Waals surface area contributed by atoms with Crippen LogP contribution in [0.3, 0.4) is 0 Å². The number of amides is 2. The first kappa shape index (κ1) is 24.4. The van der Waals surface area contributed by atoms with Crippen LogP contribution in [0.15, 0.2) is 47.7 Å². The maximum atomic E-state index is 12.7. The second-order valence-electron chi connectivity index (χ2n) is 10.6. The fourth-order valence-electron chi connectivity index (χ4n) is 5.12. The highest BCUT2D eigenvalue weighted by Crippen LogP contribution is 2.44. The van der Waals surface area contributed by atoms with Crippen LogP contribution >= 0.6 is 0 Å². The summed E-state index contributed by atoms with van der Waals surface area (Å²) in [6.07, 6.45) is 3.28. The zero-order valence-electron chi connectivity index (χ0n) is 20.9. The monoisotopic (exact) mass is 493 g/mol. The number of rotatable bonds is 6. The van der Waals surface area contributed by atoms with E-state index in [-0.39, 0.29) is 11.8 Å². The first-order valence-electron chi connectivity index (χ1n) is 12.4. The van der Waals surface area contributed by atoms with Crippen molar-refractivity contribution in [3.05, 3.63) is 59.0 Å². The number of piperidine rings is 1. The van der Waals surface area contributed by atoms with Crippen LogP contribution < -0.4 is 22.5 Å². The molecule has 5 N–H and O–H groups in total. The van der Waals surface area contributed by atoms with Gasteiger partial charge < -0.3 is 21.3 Å². The van der Waals surface area contributed by atoms with E-state index in [0.717, 1.165) is 31.0 Å². The molecule has 1 aliphatic carbocycles. The Labute approximate surface area is 210 Å². The highest BCUT2D eigenvalue weighted by Gasteiger charge is 2.53. The predicted octanol–water partition coefficient (Wildman–Crippen LogP) is 0.417. The Hall–Kier alpha value is -3.28. The number of carbonyl (C=O) groups excluding carboxylic acids is 1. The van der Waals surface area contributed by atoms with Gasteiger partial charge in [-0.25, -0.2) is 9.59 Å². The van der Waals surface area contributed by atoms with Crippen molar-refractivity contribution < 1.29 is 4.79 Å². The molecule has 36 heavy (non-hydrogen) atoms. The average molecular weight is 494 g/mol. The molecular formula is C25H35N9O2. The quantitative estimate of drug-likeness (QED) is 0.526. The normalized spacial score (nSPS) is 23.9. The summed E-state index contributed by atoms with van der Waals surface area (Å²) in [6, 6.07) is 5.50. The molecule has 4 heterocycles.